The summed E-state index contributed by atoms with van der Waals surface area (Å²) in [5.41, 5.74) is 1.28. The molecule has 1 aromatic carbocycles. The van der Waals surface area contributed by atoms with Crippen LogP contribution in [0.15, 0.2) is 36.4 Å². The molecule has 0 bridgehead atoms. The second-order valence-electron chi connectivity index (χ2n) is 2.76. The molecule has 0 atom stereocenters. The Kier molecular flexibility index (Phi) is 3.16. The van der Waals surface area contributed by atoms with E-state index in [9.17, 15) is 0 Å². The first-order chi connectivity index (χ1) is 6.45. The zero-order valence-electron chi connectivity index (χ0n) is 7.27. The van der Waals surface area contributed by atoms with Crippen LogP contribution in [0.1, 0.15) is 5.56 Å². The topological polar surface area (TPSA) is 0 Å². The smallest absolute Gasteiger partial charge is 0.0622 e. The highest BCUT2D eigenvalue weighted by molar-refractivity contribution is 8.25. The summed E-state index contributed by atoms with van der Waals surface area (Å²) in [6, 6.07) is 10.4. The minimum Gasteiger partial charge on any atom is -0.0622 e. The van der Waals surface area contributed by atoms with Gasteiger partial charge in [0.2, 0.25) is 0 Å². The second kappa shape index (κ2) is 4.58. The van der Waals surface area contributed by atoms with Crippen molar-refractivity contribution in [2.24, 2.45) is 0 Å². The minimum absolute atomic E-state index is 1.26. The molecule has 1 heterocycles. The lowest BCUT2D eigenvalue weighted by molar-refractivity contribution is 1.58. The van der Waals surface area contributed by atoms with Gasteiger partial charge in [-0.2, -0.15) is 0 Å². The number of thioether (sulfide) groups is 1. The highest BCUT2D eigenvalue weighted by Crippen LogP contribution is 2.12. The van der Waals surface area contributed by atoms with E-state index in [0.29, 0.717) is 0 Å². The van der Waals surface area contributed by atoms with Crippen molar-refractivity contribution < 1.29 is 0 Å². The van der Waals surface area contributed by atoms with E-state index >= 15 is 0 Å². The predicted octanol–water partition coefficient (Wildman–Crippen LogP) is 2.66. The van der Waals surface area contributed by atoms with Gasteiger partial charge < -0.3 is 0 Å². The lowest BCUT2D eigenvalue weighted by Gasteiger charge is -1.88. The summed E-state index contributed by atoms with van der Waals surface area (Å²) >= 11 is 3.91. The van der Waals surface area contributed by atoms with Gasteiger partial charge in [0.15, 0.2) is 17.1 Å². The molecule has 0 fully saturated rings. The van der Waals surface area contributed by atoms with E-state index < -0.39 is 0 Å². The Balaban J connectivity index is 2.05. The van der Waals surface area contributed by atoms with Crippen molar-refractivity contribution >= 4 is 33.4 Å². The molecule has 0 saturated carbocycles. The molecule has 0 amide bonds. The van der Waals surface area contributed by atoms with Crippen LogP contribution in [0.5, 0.6) is 0 Å². The molecule has 0 nitrogen and oxygen atoms in total. The number of hydrogen-bond donors (Lipinski definition) is 0. The third-order valence-electron chi connectivity index (χ3n) is 1.78. The quantitative estimate of drug-likeness (QED) is 0.408. The molecule has 1 aliphatic rings. The molecule has 13 heavy (non-hydrogen) atoms. The van der Waals surface area contributed by atoms with Crippen molar-refractivity contribution in [3.63, 3.8) is 0 Å². The lowest BCUT2D eigenvalue weighted by Crippen LogP contribution is -1.79. The van der Waals surface area contributed by atoms with Crippen molar-refractivity contribution in [1.82, 2.24) is 0 Å². The maximum atomic E-state index is 2.22. The van der Waals surface area contributed by atoms with Gasteiger partial charge in [0.1, 0.15) is 0 Å². The van der Waals surface area contributed by atoms with Crippen molar-refractivity contribution in [3.05, 3.63) is 42.0 Å². The Morgan fingerprint density at radius 2 is 2.00 bits per heavy atom. The normalized spacial score (nSPS) is 16.5. The van der Waals surface area contributed by atoms with Crippen LogP contribution in [0.3, 0.4) is 0 Å². The van der Waals surface area contributed by atoms with Gasteiger partial charge in [-0.3, -0.25) is 0 Å². The van der Waals surface area contributed by atoms with Gasteiger partial charge in [-0.25, -0.2) is 0 Å². The molecule has 0 aliphatic carbocycles. The van der Waals surface area contributed by atoms with E-state index in [-0.39, 0.29) is 0 Å². The molecular weight excluding hydrogens is 196 g/mol. The predicted molar refractivity (Wildman–Crippen MR) is 65.2 cm³/mol. The SMILES string of the molecule is C(=C\c1ccccc1)/C1=[S+]CCS1. The molecule has 0 saturated heterocycles. The number of rotatable bonds is 2. The number of hydrogen-bond acceptors (Lipinski definition) is 1. The lowest BCUT2D eigenvalue weighted by atomic mass is 10.2. The van der Waals surface area contributed by atoms with E-state index in [1.165, 1.54) is 21.3 Å². The van der Waals surface area contributed by atoms with E-state index in [2.05, 4.69) is 36.4 Å². The molecular formula is C11H11S2+. The van der Waals surface area contributed by atoms with Crippen LogP contribution in [0, 0.1) is 0 Å². The van der Waals surface area contributed by atoms with Crippen molar-refractivity contribution in [3.8, 4) is 0 Å². The summed E-state index contributed by atoms with van der Waals surface area (Å²) in [5.74, 6) is 2.53. The van der Waals surface area contributed by atoms with E-state index in [4.69, 9.17) is 0 Å². The summed E-state index contributed by atoms with van der Waals surface area (Å²) in [6.45, 7) is 0. The summed E-state index contributed by atoms with van der Waals surface area (Å²) in [5, 5.41) is 0. The molecule has 1 aromatic rings. The fourth-order valence-electron chi connectivity index (χ4n) is 1.15. The Morgan fingerprint density at radius 3 is 2.69 bits per heavy atom. The van der Waals surface area contributed by atoms with Crippen molar-refractivity contribution in [2.75, 3.05) is 11.5 Å². The monoisotopic (exact) mass is 207 g/mol. The highest BCUT2D eigenvalue weighted by Gasteiger charge is 2.15. The molecule has 0 N–H and O–H groups in total. The van der Waals surface area contributed by atoms with Gasteiger partial charge in [-0.15, -0.1) is 0 Å². The van der Waals surface area contributed by atoms with Gasteiger partial charge in [-0.05, 0) is 11.6 Å². The third-order valence-corrected chi connectivity index (χ3v) is 4.41. The molecule has 66 valence electrons. The Morgan fingerprint density at radius 1 is 1.15 bits per heavy atom. The molecule has 1 aliphatic heterocycles. The van der Waals surface area contributed by atoms with E-state index in [1.54, 1.807) is 0 Å². The molecule has 2 rings (SSSR count). The zero-order valence-corrected chi connectivity index (χ0v) is 8.91. The Labute approximate surface area is 87.0 Å². The summed E-state index contributed by atoms with van der Waals surface area (Å²) < 4.78 is 1.45. The van der Waals surface area contributed by atoms with E-state index in [0.717, 1.165) is 0 Å². The van der Waals surface area contributed by atoms with Crippen LogP contribution in [0.25, 0.3) is 6.08 Å². The second-order valence-corrected chi connectivity index (χ2v) is 5.29. The molecule has 2 heteroatoms. The van der Waals surface area contributed by atoms with Crippen LogP contribution in [-0.2, 0) is 11.4 Å². The first kappa shape index (κ1) is 8.97. The number of benzene rings is 1. The summed E-state index contributed by atoms with van der Waals surface area (Å²) in [6.07, 6.45) is 4.40. The molecule has 0 radical (unpaired) electrons. The Bertz CT molecular complexity index is 325. The van der Waals surface area contributed by atoms with Gasteiger partial charge in [0, 0.05) is 6.08 Å². The van der Waals surface area contributed by atoms with Crippen LogP contribution >= 0.6 is 11.8 Å². The van der Waals surface area contributed by atoms with Crippen LogP contribution < -0.4 is 0 Å². The van der Waals surface area contributed by atoms with Crippen LogP contribution in [-0.4, -0.2) is 15.7 Å². The van der Waals surface area contributed by atoms with Crippen molar-refractivity contribution in [1.29, 1.82) is 0 Å². The minimum atomic E-state index is 1.26. The third kappa shape index (κ3) is 2.68. The van der Waals surface area contributed by atoms with Gasteiger partial charge >= 0.3 is 0 Å². The van der Waals surface area contributed by atoms with Gasteiger partial charge in [0.05, 0.1) is 5.75 Å². The Hall–Kier alpha value is -0.600. The molecule has 0 aromatic heterocycles. The molecule has 0 unspecified atom stereocenters. The first-order valence-electron chi connectivity index (χ1n) is 4.31. The highest BCUT2D eigenvalue weighted by atomic mass is 32.2. The largest absolute Gasteiger partial charge is 0.258 e. The summed E-state index contributed by atoms with van der Waals surface area (Å²) in [4.78, 5) is 0. The van der Waals surface area contributed by atoms with Crippen molar-refractivity contribution in [2.45, 2.75) is 0 Å². The maximum Gasteiger partial charge on any atom is 0.258 e. The summed E-state index contributed by atoms with van der Waals surface area (Å²) in [7, 11) is 0. The standard InChI is InChI=1S/C11H11S2/c1-2-4-10(5-3-1)6-7-11-12-8-9-13-11/h1-7H,8-9H2/q+1/b7-6+. The van der Waals surface area contributed by atoms with Gasteiger partial charge in [-0.1, -0.05) is 42.1 Å². The van der Waals surface area contributed by atoms with E-state index in [1.807, 2.05) is 29.2 Å². The fraction of sp³-hybridized carbons (Fsp3) is 0.182. The maximum absolute atomic E-state index is 2.22. The average molecular weight is 207 g/mol. The van der Waals surface area contributed by atoms with Gasteiger partial charge in [0.25, 0.3) is 4.20 Å². The molecule has 0 spiro atoms. The fourth-order valence-corrected chi connectivity index (χ4v) is 3.38. The zero-order chi connectivity index (χ0) is 8.93. The average Bonchev–Trinajstić information content (AvgIpc) is 2.69. The first-order valence-corrected chi connectivity index (χ1v) is 6.28. The van der Waals surface area contributed by atoms with Crippen LogP contribution in [0.4, 0.5) is 0 Å². The van der Waals surface area contributed by atoms with Crippen LogP contribution in [0.2, 0.25) is 0 Å².